The highest BCUT2D eigenvalue weighted by Gasteiger charge is 2.15. The second-order valence-corrected chi connectivity index (χ2v) is 5.76. The quantitative estimate of drug-likeness (QED) is 0.472. The van der Waals surface area contributed by atoms with E-state index in [4.69, 9.17) is 10.1 Å². The first kappa shape index (κ1) is 19.3. The van der Waals surface area contributed by atoms with Crippen LogP contribution in [0.4, 0.5) is 10.5 Å². The van der Waals surface area contributed by atoms with Crippen LogP contribution in [-0.4, -0.2) is 19.0 Å². The lowest BCUT2D eigenvalue weighted by atomic mass is 10.0. The van der Waals surface area contributed by atoms with E-state index in [0.717, 1.165) is 41.0 Å². The molecule has 6 nitrogen and oxygen atoms in total. The molecule has 0 spiro atoms. The third kappa shape index (κ3) is 4.99. The molecule has 6 heteroatoms. The third-order valence-electron chi connectivity index (χ3n) is 4.05. The third-order valence-corrected chi connectivity index (χ3v) is 4.05. The van der Waals surface area contributed by atoms with Crippen molar-refractivity contribution in [1.29, 1.82) is 5.41 Å². The molecule has 0 aliphatic rings. The van der Waals surface area contributed by atoms with E-state index < -0.39 is 6.03 Å². The zero-order valence-electron chi connectivity index (χ0n) is 15.5. The summed E-state index contributed by atoms with van der Waals surface area (Å²) in [6, 6.07) is 13.4. The Kier molecular flexibility index (Phi) is 7.02. The zero-order chi connectivity index (χ0) is 18.9. The van der Waals surface area contributed by atoms with Crippen molar-refractivity contribution in [2.45, 2.75) is 33.3 Å². The maximum Gasteiger partial charge on any atom is 0.326 e. The van der Waals surface area contributed by atoms with Crippen molar-refractivity contribution >= 4 is 17.7 Å². The van der Waals surface area contributed by atoms with Gasteiger partial charge in [0.15, 0.2) is 5.96 Å². The molecular weight excluding hydrogens is 328 g/mol. The van der Waals surface area contributed by atoms with Crippen LogP contribution in [0.5, 0.6) is 5.75 Å². The lowest BCUT2D eigenvalue weighted by Crippen LogP contribution is -2.40. The zero-order valence-corrected chi connectivity index (χ0v) is 15.5. The Morgan fingerprint density at radius 1 is 1.08 bits per heavy atom. The highest BCUT2D eigenvalue weighted by atomic mass is 16.5. The molecule has 2 aromatic carbocycles. The molecule has 0 aliphatic carbocycles. The van der Waals surface area contributed by atoms with Gasteiger partial charge in [0.05, 0.1) is 5.69 Å². The number of guanidine groups is 1. The van der Waals surface area contributed by atoms with Crippen LogP contribution < -0.4 is 20.7 Å². The first-order valence-electron chi connectivity index (χ1n) is 8.74. The van der Waals surface area contributed by atoms with Gasteiger partial charge in [-0.1, -0.05) is 50.2 Å². The Morgan fingerprint density at radius 2 is 1.81 bits per heavy atom. The van der Waals surface area contributed by atoms with E-state index in [-0.39, 0.29) is 5.96 Å². The lowest BCUT2D eigenvalue weighted by Gasteiger charge is -2.19. The number of nitrogens with one attached hydrogen (secondary N) is 4. The molecular formula is C20H26N4O2. The number of rotatable bonds is 6. The predicted molar refractivity (Wildman–Crippen MR) is 105 cm³/mol. The molecule has 0 atom stereocenters. The number of amides is 2. The van der Waals surface area contributed by atoms with E-state index in [2.05, 4.69) is 16.0 Å². The maximum absolute atomic E-state index is 12.2. The smallest absolute Gasteiger partial charge is 0.326 e. The summed E-state index contributed by atoms with van der Waals surface area (Å²) < 4.78 is 6.01. The van der Waals surface area contributed by atoms with Crippen LogP contribution >= 0.6 is 0 Å². The number of hydrogen-bond donors (Lipinski definition) is 4. The van der Waals surface area contributed by atoms with Gasteiger partial charge in [-0.3, -0.25) is 10.7 Å². The van der Waals surface area contributed by atoms with Crippen LogP contribution in [0.1, 0.15) is 30.5 Å². The van der Waals surface area contributed by atoms with Gasteiger partial charge in [-0.15, -0.1) is 0 Å². The van der Waals surface area contributed by atoms with Gasteiger partial charge in [0.1, 0.15) is 12.4 Å². The van der Waals surface area contributed by atoms with Crippen LogP contribution in [-0.2, 0) is 19.4 Å². The SMILES string of the molecule is CCc1ccc(OCc2ccccc2)c(CC)c1NC(=O)NC(=N)NC. The average Bonchev–Trinajstić information content (AvgIpc) is 2.66. The fourth-order valence-corrected chi connectivity index (χ4v) is 2.67. The molecule has 0 heterocycles. The topological polar surface area (TPSA) is 86.2 Å². The molecule has 2 rings (SSSR count). The molecule has 138 valence electrons. The van der Waals surface area contributed by atoms with E-state index in [1.54, 1.807) is 7.05 Å². The monoisotopic (exact) mass is 354 g/mol. The Labute approximate surface area is 154 Å². The van der Waals surface area contributed by atoms with Gasteiger partial charge in [0, 0.05) is 12.6 Å². The van der Waals surface area contributed by atoms with Gasteiger partial charge in [-0.25, -0.2) is 4.79 Å². The molecule has 0 fully saturated rings. The molecule has 0 radical (unpaired) electrons. The first-order valence-corrected chi connectivity index (χ1v) is 8.74. The van der Waals surface area contributed by atoms with E-state index in [1.807, 2.05) is 56.3 Å². The highest BCUT2D eigenvalue weighted by molar-refractivity contribution is 6.02. The molecule has 0 saturated heterocycles. The molecule has 0 unspecified atom stereocenters. The van der Waals surface area contributed by atoms with Gasteiger partial charge in [-0.2, -0.15) is 0 Å². The van der Waals surface area contributed by atoms with Crippen molar-refractivity contribution in [3.05, 3.63) is 59.2 Å². The molecule has 0 aliphatic heterocycles. The minimum absolute atomic E-state index is 0.0601. The van der Waals surface area contributed by atoms with Gasteiger partial charge in [0.2, 0.25) is 0 Å². The molecule has 0 bridgehead atoms. The summed E-state index contributed by atoms with van der Waals surface area (Å²) >= 11 is 0. The predicted octanol–water partition coefficient (Wildman–Crippen LogP) is 3.67. The summed E-state index contributed by atoms with van der Waals surface area (Å²) in [6.45, 7) is 4.54. The van der Waals surface area contributed by atoms with E-state index in [1.165, 1.54) is 0 Å². The molecule has 0 aromatic heterocycles. The van der Waals surface area contributed by atoms with Crippen molar-refractivity contribution in [2.75, 3.05) is 12.4 Å². The fraction of sp³-hybridized carbons (Fsp3) is 0.300. The summed E-state index contributed by atoms with van der Waals surface area (Å²) in [5.74, 6) is 0.697. The number of carbonyl (C=O) groups excluding carboxylic acids is 1. The van der Waals surface area contributed by atoms with Gasteiger partial charge < -0.3 is 15.4 Å². The number of benzene rings is 2. The van der Waals surface area contributed by atoms with Crippen LogP contribution in [0.2, 0.25) is 0 Å². The average molecular weight is 354 g/mol. The second kappa shape index (κ2) is 9.46. The normalized spacial score (nSPS) is 10.1. The summed E-state index contributed by atoms with van der Waals surface area (Å²) in [4.78, 5) is 12.2. The van der Waals surface area contributed by atoms with Gasteiger partial charge >= 0.3 is 6.03 Å². The number of aryl methyl sites for hydroxylation is 1. The van der Waals surface area contributed by atoms with Crippen molar-refractivity contribution in [3.63, 3.8) is 0 Å². The van der Waals surface area contributed by atoms with E-state index in [0.29, 0.717) is 6.61 Å². The lowest BCUT2D eigenvalue weighted by molar-refractivity contribution is 0.255. The molecule has 2 aromatic rings. The van der Waals surface area contributed by atoms with Crippen LogP contribution in [0.15, 0.2) is 42.5 Å². The van der Waals surface area contributed by atoms with Gasteiger partial charge in [0.25, 0.3) is 0 Å². The number of hydrogen-bond acceptors (Lipinski definition) is 3. The van der Waals surface area contributed by atoms with E-state index >= 15 is 0 Å². The Hall–Kier alpha value is -3.02. The fourth-order valence-electron chi connectivity index (χ4n) is 2.67. The minimum Gasteiger partial charge on any atom is -0.489 e. The first-order chi connectivity index (χ1) is 12.6. The Morgan fingerprint density at radius 3 is 2.42 bits per heavy atom. The Balaban J connectivity index is 2.24. The number of ether oxygens (including phenoxy) is 1. The molecule has 4 N–H and O–H groups in total. The van der Waals surface area contributed by atoms with Crippen molar-refractivity contribution in [3.8, 4) is 5.75 Å². The summed E-state index contributed by atoms with van der Waals surface area (Å²) in [5.41, 5.74) is 3.82. The summed E-state index contributed by atoms with van der Waals surface area (Å²) in [6.07, 6.45) is 1.50. The number of urea groups is 1. The number of anilines is 1. The van der Waals surface area contributed by atoms with Crippen molar-refractivity contribution in [1.82, 2.24) is 10.6 Å². The van der Waals surface area contributed by atoms with Crippen LogP contribution in [0.25, 0.3) is 0 Å². The highest BCUT2D eigenvalue weighted by Crippen LogP contribution is 2.32. The maximum atomic E-state index is 12.2. The standard InChI is InChI=1S/C20H26N4O2/c1-4-15-11-12-17(26-13-14-9-7-6-8-10-14)16(5-2)18(15)23-20(25)24-19(21)22-3/h6-12H,4-5,13H2,1-3H3,(H4,21,22,23,24,25). The molecule has 2 amide bonds. The summed E-state index contributed by atoms with van der Waals surface area (Å²) in [5, 5.41) is 15.4. The van der Waals surface area contributed by atoms with Crippen LogP contribution in [0, 0.1) is 5.41 Å². The molecule has 26 heavy (non-hydrogen) atoms. The Bertz CT molecular complexity index is 760. The van der Waals surface area contributed by atoms with Crippen molar-refractivity contribution < 1.29 is 9.53 Å². The molecule has 0 saturated carbocycles. The minimum atomic E-state index is -0.450. The second-order valence-electron chi connectivity index (χ2n) is 5.76. The van der Waals surface area contributed by atoms with Gasteiger partial charge in [-0.05, 0) is 30.0 Å². The van der Waals surface area contributed by atoms with Crippen LogP contribution in [0.3, 0.4) is 0 Å². The number of carbonyl (C=O) groups is 1. The largest absolute Gasteiger partial charge is 0.489 e. The van der Waals surface area contributed by atoms with E-state index in [9.17, 15) is 4.79 Å². The summed E-state index contributed by atoms with van der Waals surface area (Å²) in [7, 11) is 1.58. The van der Waals surface area contributed by atoms with Crippen molar-refractivity contribution in [2.24, 2.45) is 0 Å².